The fourth-order valence-corrected chi connectivity index (χ4v) is 2.93. The van der Waals surface area contributed by atoms with E-state index in [4.69, 9.17) is 5.73 Å². The summed E-state index contributed by atoms with van der Waals surface area (Å²) in [5.41, 5.74) is 6.30. The number of hydrogen-bond donors (Lipinski definition) is 2. The molecule has 100 valence electrons. The summed E-state index contributed by atoms with van der Waals surface area (Å²) in [6.07, 6.45) is 3.68. The molecule has 1 aliphatic carbocycles. The molecule has 0 unspecified atom stereocenters. The van der Waals surface area contributed by atoms with Crippen LogP contribution in [0.15, 0.2) is 30.3 Å². The lowest BCUT2D eigenvalue weighted by molar-refractivity contribution is 0.00767. The predicted molar refractivity (Wildman–Crippen MR) is 75.7 cm³/mol. The van der Waals surface area contributed by atoms with Crippen molar-refractivity contribution in [3.63, 3.8) is 0 Å². The number of para-hydroxylation sites is 1. The van der Waals surface area contributed by atoms with Crippen LogP contribution in [-0.4, -0.2) is 29.8 Å². The molecular weight excluding hydrogens is 224 g/mol. The lowest BCUT2D eigenvalue weighted by Gasteiger charge is -2.41. The van der Waals surface area contributed by atoms with Crippen molar-refractivity contribution >= 4 is 5.69 Å². The molecule has 1 fully saturated rings. The Balaban J connectivity index is 2.03. The van der Waals surface area contributed by atoms with Crippen LogP contribution in [0.25, 0.3) is 0 Å². The molecule has 2 rings (SSSR count). The van der Waals surface area contributed by atoms with Crippen molar-refractivity contribution in [2.45, 2.75) is 44.2 Å². The first-order valence-corrected chi connectivity index (χ1v) is 6.92. The van der Waals surface area contributed by atoms with E-state index in [0.717, 1.165) is 32.2 Å². The summed E-state index contributed by atoms with van der Waals surface area (Å²) in [7, 11) is 0. The minimum atomic E-state index is -0.618. The van der Waals surface area contributed by atoms with Crippen molar-refractivity contribution in [2.75, 3.05) is 18.0 Å². The van der Waals surface area contributed by atoms with Gasteiger partial charge in [0.1, 0.15) is 0 Å². The highest BCUT2D eigenvalue weighted by atomic mass is 16.3. The lowest BCUT2D eigenvalue weighted by atomic mass is 9.81. The van der Waals surface area contributed by atoms with E-state index in [0.29, 0.717) is 12.6 Å². The highest BCUT2D eigenvalue weighted by Crippen LogP contribution is 2.32. The molecule has 0 aromatic heterocycles. The summed E-state index contributed by atoms with van der Waals surface area (Å²) in [6.45, 7) is 3.59. The van der Waals surface area contributed by atoms with Gasteiger partial charge in [0.2, 0.25) is 0 Å². The first-order chi connectivity index (χ1) is 8.68. The zero-order valence-corrected chi connectivity index (χ0v) is 11.2. The number of hydrogen-bond acceptors (Lipinski definition) is 3. The summed E-state index contributed by atoms with van der Waals surface area (Å²) in [4.78, 5) is 2.44. The zero-order valence-electron chi connectivity index (χ0n) is 11.2. The van der Waals surface area contributed by atoms with E-state index in [1.807, 2.05) is 6.07 Å². The number of rotatable bonds is 4. The zero-order chi connectivity index (χ0) is 13.0. The third-order valence-electron chi connectivity index (χ3n) is 4.14. The van der Waals surface area contributed by atoms with Gasteiger partial charge in [0.15, 0.2) is 0 Å². The summed E-state index contributed by atoms with van der Waals surface area (Å²) in [5.74, 6) is 0. The molecule has 1 saturated carbocycles. The average molecular weight is 248 g/mol. The maximum atomic E-state index is 10.2. The van der Waals surface area contributed by atoms with Crippen molar-refractivity contribution in [3.8, 4) is 0 Å². The molecule has 0 aliphatic heterocycles. The maximum Gasteiger partial charge on any atom is 0.0770 e. The van der Waals surface area contributed by atoms with Gasteiger partial charge < -0.3 is 15.7 Å². The second kappa shape index (κ2) is 5.72. The monoisotopic (exact) mass is 248 g/mol. The summed E-state index contributed by atoms with van der Waals surface area (Å²) in [5, 5.41) is 10.2. The smallest absolute Gasteiger partial charge is 0.0770 e. The minimum Gasteiger partial charge on any atom is -0.389 e. The Morgan fingerprint density at radius 1 is 1.28 bits per heavy atom. The van der Waals surface area contributed by atoms with Crippen LogP contribution < -0.4 is 10.6 Å². The van der Waals surface area contributed by atoms with Gasteiger partial charge in [0.25, 0.3) is 0 Å². The number of nitrogens with two attached hydrogens (primary N) is 1. The van der Waals surface area contributed by atoms with Gasteiger partial charge in [-0.2, -0.15) is 0 Å². The van der Waals surface area contributed by atoms with Crippen LogP contribution in [0.5, 0.6) is 0 Å². The van der Waals surface area contributed by atoms with Gasteiger partial charge in [0.05, 0.1) is 5.60 Å². The molecule has 0 bridgehead atoms. The third-order valence-corrected chi connectivity index (χ3v) is 4.14. The fourth-order valence-electron chi connectivity index (χ4n) is 2.93. The molecule has 0 heterocycles. The standard InChI is InChI=1S/C15H24N2O/c1-2-17(13-6-4-3-5-7-13)14-8-10-15(18,12-16)11-9-14/h3-7,14,18H,2,8-12,16H2,1H3. The minimum absolute atomic E-state index is 0.386. The van der Waals surface area contributed by atoms with Crippen LogP contribution in [-0.2, 0) is 0 Å². The van der Waals surface area contributed by atoms with Crippen LogP contribution >= 0.6 is 0 Å². The van der Waals surface area contributed by atoms with Gasteiger partial charge in [-0.25, -0.2) is 0 Å². The quantitative estimate of drug-likeness (QED) is 0.858. The Labute approximate surface area is 110 Å². The van der Waals surface area contributed by atoms with E-state index in [1.54, 1.807) is 0 Å². The predicted octanol–water partition coefficient (Wildman–Crippen LogP) is 2.15. The summed E-state index contributed by atoms with van der Waals surface area (Å²) in [6, 6.07) is 11.1. The normalized spacial score (nSPS) is 28.1. The van der Waals surface area contributed by atoms with E-state index in [9.17, 15) is 5.11 Å². The molecule has 1 aromatic carbocycles. The van der Waals surface area contributed by atoms with Crippen molar-refractivity contribution in [1.29, 1.82) is 0 Å². The van der Waals surface area contributed by atoms with Gasteiger partial charge in [-0.3, -0.25) is 0 Å². The largest absolute Gasteiger partial charge is 0.389 e. The Kier molecular flexibility index (Phi) is 4.25. The Bertz CT molecular complexity index is 358. The molecule has 3 heteroatoms. The Morgan fingerprint density at radius 2 is 1.89 bits per heavy atom. The van der Waals surface area contributed by atoms with E-state index in [1.165, 1.54) is 5.69 Å². The molecule has 18 heavy (non-hydrogen) atoms. The third kappa shape index (κ3) is 2.85. The van der Waals surface area contributed by atoms with Crippen LogP contribution in [0.1, 0.15) is 32.6 Å². The Hall–Kier alpha value is -1.06. The van der Waals surface area contributed by atoms with Gasteiger partial charge in [-0.1, -0.05) is 18.2 Å². The fraction of sp³-hybridized carbons (Fsp3) is 0.600. The summed E-state index contributed by atoms with van der Waals surface area (Å²) >= 11 is 0. The lowest BCUT2D eigenvalue weighted by Crippen LogP contribution is -2.47. The number of anilines is 1. The van der Waals surface area contributed by atoms with Crippen molar-refractivity contribution in [3.05, 3.63) is 30.3 Å². The molecule has 3 N–H and O–H groups in total. The summed E-state index contributed by atoms with van der Waals surface area (Å²) < 4.78 is 0. The van der Waals surface area contributed by atoms with Crippen molar-refractivity contribution in [2.24, 2.45) is 5.73 Å². The highest BCUT2D eigenvalue weighted by Gasteiger charge is 2.33. The topological polar surface area (TPSA) is 49.5 Å². The molecule has 0 radical (unpaired) electrons. The highest BCUT2D eigenvalue weighted by molar-refractivity contribution is 5.47. The first kappa shape index (κ1) is 13.4. The van der Waals surface area contributed by atoms with Crippen molar-refractivity contribution in [1.82, 2.24) is 0 Å². The molecule has 0 saturated heterocycles. The molecular formula is C15H24N2O. The van der Waals surface area contributed by atoms with E-state index < -0.39 is 5.60 Å². The van der Waals surface area contributed by atoms with Gasteiger partial charge in [-0.05, 0) is 44.7 Å². The van der Waals surface area contributed by atoms with Crippen LogP contribution in [0, 0.1) is 0 Å². The first-order valence-electron chi connectivity index (χ1n) is 6.92. The molecule has 3 nitrogen and oxygen atoms in total. The average Bonchev–Trinajstić information content (AvgIpc) is 2.43. The molecule has 0 spiro atoms. The van der Waals surface area contributed by atoms with Crippen LogP contribution in [0.3, 0.4) is 0 Å². The van der Waals surface area contributed by atoms with E-state index in [2.05, 4.69) is 36.1 Å². The molecule has 1 aliphatic rings. The SMILES string of the molecule is CCN(c1ccccc1)C1CCC(O)(CN)CC1. The molecule has 0 atom stereocenters. The second-order valence-electron chi connectivity index (χ2n) is 5.28. The van der Waals surface area contributed by atoms with Crippen molar-refractivity contribution < 1.29 is 5.11 Å². The van der Waals surface area contributed by atoms with Gasteiger partial charge >= 0.3 is 0 Å². The van der Waals surface area contributed by atoms with Gasteiger partial charge in [0, 0.05) is 24.8 Å². The molecule has 0 amide bonds. The second-order valence-corrected chi connectivity index (χ2v) is 5.28. The van der Waals surface area contributed by atoms with Crippen LogP contribution in [0.2, 0.25) is 0 Å². The molecule has 1 aromatic rings. The van der Waals surface area contributed by atoms with E-state index >= 15 is 0 Å². The Morgan fingerprint density at radius 3 is 2.39 bits per heavy atom. The van der Waals surface area contributed by atoms with Crippen LogP contribution in [0.4, 0.5) is 5.69 Å². The van der Waals surface area contributed by atoms with E-state index in [-0.39, 0.29) is 0 Å². The number of benzene rings is 1. The number of aliphatic hydroxyl groups is 1. The number of nitrogens with zero attached hydrogens (tertiary/aromatic N) is 1. The maximum absolute atomic E-state index is 10.2. The van der Waals surface area contributed by atoms with Gasteiger partial charge in [-0.15, -0.1) is 0 Å².